The third kappa shape index (κ3) is 6.02. The van der Waals surface area contributed by atoms with Gasteiger partial charge in [0.25, 0.3) is 0 Å². The van der Waals surface area contributed by atoms with Gasteiger partial charge in [-0.05, 0) is 12.8 Å². The summed E-state index contributed by atoms with van der Waals surface area (Å²) in [7, 11) is 1.59. The van der Waals surface area contributed by atoms with Crippen molar-refractivity contribution in [2.75, 3.05) is 33.5 Å². The van der Waals surface area contributed by atoms with Gasteiger partial charge in [-0.25, -0.2) is 0 Å². The molecule has 1 rings (SSSR count). The summed E-state index contributed by atoms with van der Waals surface area (Å²) in [5, 5.41) is 8.91. The Hall–Kier alpha value is -1.14. The van der Waals surface area contributed by atoms with Crippen LogP contribution in [0.3, 0.4) is 0 Å². The predicted molar refractivity (Wildman–Crippen MR) is 68.8 cm³/mol. The molecule has 1 saturated carbocycles. The molecule has 1 aliphatic carbocycles. The van der Waals surface area contributed by atoms with E-state index >= 15 is 0 Å². The summed E-state index contributed by atoms with van der Waals surface area (Å²) in [5.41, 5.74) is 0. The van der Waals surface area contributed by atoms with Gasteiger partial charge in [0.05, 0.1) is 32.2 Å². The Morgan fingerprint density at radius 1 is 1.32 bits per heavy atom. The lowest BCUT2D eigenvalue weighted by atomic mass is 10.1. The van der Waals surface area contributed by atoms with E-state index in [1.165, 1.54) is 0 Å². The number of aliphatic carboxylic acids is 1. The highest BCUT2D eigenvalue weighted by atomic mass is 16.5. The van der Waals surface area contributed by atoms with E-state index in [-0.39, 0.29) is 18.5 Å². The molecule has 0 heterocycles. The van der Waals surface area contributed by atoms with Crippen LogP contribution in [0, 0.1) is 5.92 Å². The average molecular weight is 273 g/mol. The summed E-state index contributed by atoms with van der Waals surface area (Å²) in [4.78, 5) is 24.6. The molecule has 0 radical (unpaired) electrons. The fourth-order valence-corrected chi connectivity index (χ4v) is 1.76. The third-order valence-corrected chi connectivity index (χ3v) is 3.09. The molecule has 1 fully saturated rings. The Bertz CT molecular complexity index is 303. The Labute approximate surface area is 113 Å². The number of hydrogen-bond donors (Lipinski definition) is 1. The van der Waals surface area contributed by atoms with Gasteiger partial charge in [0.15, 0.2) is 0 Å². The van der Waals surface area contributed by atoms with Gasteiger partial charge in [0, 0.05) is 19.7 Å². The number of carbonyl (C=O) groups is 2. The van der Waals surface area contributed by atoms with Crippen molar-refractivity contribution in [1.82, 2.24) is 4.90 Å². The first-order valence-corrected chi connectivity index (χ1v) is 6.65. The molecule has 0 aromatic carbocycles. The summed E-state index contributed by atoms with van der Waals surface area (Å²) in [6, 6.07) is 0.230. The highest BCUT2D eigenvalue weighted by molar-refractivity contribution is 5.78. The Balaban J connectivity index is 2.30. The fourth-order valence-electron chi connectivity index (χ4n) is 1.76. The Morgan fingerprint density at radius 3 is 2.53 bits per heavy atom. The number of nitrogens with zero attached hydrogens (tertiary/aromatic N) is 1. The van der Waals surface area contributed by atoms with E-state index in [9.17, 15) is 9.59 Å². The molecule has 1 unspecified atom stereocenters. The first kappa shape index (κ1) is 15.9. The number of carbonyl (C=O) groups excluding carboxylic acids is 1. The van der Waals surface area contributed by atoms with Crippen LogP contribution in [0.1, 0.15) is 26.2 Å². The maximum atomic E-state index is 12.0. The largest absolute Gasteiger partial charge is 0.481 e. The van der Waals surface area contributed by atoms with Crippen LogP contribution < -0.4 is 0 Å². The maximum absolute atomic E-state index is 12.0. The normalized spacial score (nSPS) is 16.1. The van der Waals surface area contributed by atoms with E-state index in [1.807, 2.05) is 0 Å². The van der Waals surface area contributed by atoms with Gasteiger partial charge in [0.1, 0.15) is 0 Å². The van der Waals surface area contributed by atoms with Gasteiger partial charge >= 0.3 is 5.97 Å². The van der Waals surface area contributed by atoms with Crippen molar-refractivity contribution >= 4 is 11.9 Å². The standard InChI is InChI=1S/C13H23NO5/c1-10(13(16)17)9-14(11-3-4-11)12(15)5-6-19-8-7-18-2/h10-11H,3-9H2,1-2H3,(H,16,17). The molecule has 0 bridgehead atoms. The maximum Gasteiger partial charge on any atom is 0.308 e. The van der Waals surface area contributed by atoms with E-state index in [1.54, 1.807) is 18.9 Å². The van der Waals surface area contributed by atoms with Crippen molar-refractivity contribution in [3.05, 3.63) is 0 Å². The predicted octanol–water partition coefficient (Wildman–Crippen LogP) is 0.751. The molecule has 0 aromatic rings. The van der Waals surface area contributed by atoms with Crippen molar-refractivity contribution in [1.29, 1.82) is 0 Å². The molecule has 1 N–H and O–H groups in total. The number of amides is 1. The zero-order chi connectivity index (χ0) is 14.3. The molecule has 0 aromatic heterocycles. The second-order valence-electron chi connectivity index (χ2n) is 4.87. The summed E-state index contributed by atoms with van der Waals surface area (Å²) in [6.45, 7) is 3.25. The van der Waals surface area contributed by atoms with E-state index in [0.29, 0.717) is 26.2 Å². The number of carboxylic acid groups (broad SMARTS) is 1. The highest BCUT2D eigenvalue weighted by Crippen LogP contribution is 2.28. The van der Waals surface area contributed by atoms with Crippen LogP contribution in [0.5, 0.6) is 0 Å². The summed E-state index contributed by atoms with van der Waals surface area (Å²) >= 11 is 0. The summed E-state index contributed by atoms with van der Waals surface area (Å²) in [6.07, 6.45) is 2.25. The zero-order valence-corrected chi connectivity index (χ0v) is 11.6. The monoisotopic (exact) mass is 273 g/mol. The van der Waals surface area contributed by atoms with Crippen LogP contribution in [-0.2, 0) is 19.1 Å². The molecule has 19 heavy (non-hydrogen) atoms. The van der Waals surface area contributed by atoms with Gasteiger partial charge in [-0.2, -0.15) is 0 Å². The van der Waals surface area contributed by atoms with Crippen molar-refractivity contribution in [2.24, 2.45) is 5.92 Å². The molecule has 1 aliphatic rings. The highest BCUT2D eigenvalue weighted by Gasteiger charge is 2.34. The number of carboxylic acids is 1. The number of hydrogen-bond acceptors (Lipinski definition) is 4. The van der Waals surface area contributed by atoms with Gasteiger partial charge in [-0.15, -0.1) is 0 Å². The first-order valence-electron chi connectivity index (χ1n) is 6.65. The second kappa shape index (κ2) is 8.12. The lowest BCUT2D eigenvalue weighted by Gasteiger charge is -2.24. The van der Waals surface area contributed by atoms with Gasteiger partial charge in [-0.1, -0.05) is 6.92 Å². The minimum atomic E-state index is -0.866. The van der Waals surface area contributed by atoms with Crippen LogP contribution in [-0.4, -0.2) is 61.4 Å². The summed E-state index contributed by atoms with van der Waals surface area (Å²) in [5.74, 6) is -1.42. The lowest BCUT2D eigenvalue weighted by molar-refractivity contribution is -0.143. The van der Waals surface area contributed by atoms with Crippen LogP contribution in [0.15, 0.2) is 0 Å². The van der Waals surface area contributed by atoms with Crippen LogP contribution in [0.4, 0.5) is 0 Å². The minimum Gasteiger partial charge on any atom is -0.481 e. The SMILES string of the molecule is COCCOCCC(=O)N(CC(C)C(=O)O)C1CC1. The molecule has 0 saturated heterocycles. The molecule has 1 atom stereocenters. The molecule has 6 nitrogen and oxygen atoms in total. The molecule has 1 amide bonds. The van der Waals surface area contributed by atoms with Gasteiger partial charge in [0.2, 0.25) is 5.91 Å². The Kier molecular flexibility index (Phi) is 6.80. The Morgan fingerprint density at radius 2 is 2.00 bits per heavy atom. The first-order chi connectivity index (χ1) is 9.06. The summed E-state index contributed by atoms with van der Waals surface area (Å²) < 4.78 is 10.1. The second-order valence-corrected chi connectivity index (χ2v) is 4.87. The van der Waals surface area contributed by atoms with E-state index in [0.717, 1.165) is 12.8 Å². The molecule has 0 spiro atoms. The smallest absolute Gasteiger partial charge is 0.308 e. The van der Waals surface area contributed by atoms with Crippen molar-refractivity contribution in [3.63, 3.8) is 0 Å². The molecule has 0 aliphatic heterocycles. The lowest BCUT2D eigenvalue weighted by Crippen LogP contribution is -2.39. The van der Waals surface area contributed by atoms with Crippen molar-refractivity contribution in [2.45, 2.75) is 32.2 Å². The van der Waals surface area contributed by atoms with Crippen molar-refractivity contribution < 1.29 is 24.2 Å². The minimum absolute atomic E-state index is 0.0204. The zero-order valence-electron chi connectivity index (χ0n) is 11.6. The van der Waals surface area contributed by atoms with Crippen LogP contribution in [0.2, 0.25) is 0 Å². The van der Waals surface area contributed by atoms with E-state index in [4.69, 9.17) is 14.6 Å². The number of methoxy groups -OCH3 is 1. The quantitative estimate of drug-likeness (QED) is 0.594. The van der Waals surface area contributed by atoms with Crippen LogP contribution >= 0.6 is 0 Å². The number of ether oxygens (including phenoxy) is 2. The van der Waals surface area contributed by atoms with Gasteiger partial charge in [-0.3, -0.25) is 9.59 Å². The number of rotatable bonds is 10. The van der Waals surface area contributed by atoms with Crippen molar-refractivity contribution in [3.8, 4) is 0 Å². The molecule has 110 valence electrons. The van der Waals surface area contributed by atoms with E-state index < -0.39 is 11.9 Å². The molecular formula is C13H23NO5. The van der Waals surface area contributed by atoms with E-state index in [2.05, 4.69) is 0 Å². The van der Waals surface area contributed by atoms with Gasteiger partial charge < -0.3 is 19.5 Å². The fraction of sp³-hybridized carbons (Fsp3) is 0.846. The van der Waals surface area contributed by atoms with Crippen LogP contribution in [0.25, 0.3) is 0 Å². The molecule has 6 heteroatoms. The average Bonchev–Trinajstić information content (AvgIpc) is 3.19. The third-order valence-electron chi connectivity index (χ3n) is 3.09. The topological polar surface area (TPSA) is 76.1 Å². The molecular weight excluding hydrogens is 250 g/mol.